The summed E-state index contributed by atoms with van der Waals surface area (Å²) in [6.07, 6.45) is 2.94. The van der Waals surface area contributed by atoms with Gasteiger partial charge in [0.1, 0.15) is 35.9 Å². The molecule has 0 radical (unpaired) electrons. The van der Waals surface area contributed by atoms with Crippen molar-refractivity contribution >= 4 is 45.7 Å². The highest BCUT2D eigenvalue weighted by molar-refractivity contribution is 6.05. The van der Waals surface area contributed by atoms with Crippen LogP contribution in [0.5, 0.6) is 11.5 Å². The van der Waals surface area contributed by atoms with Crippen molar-refractivity contribution in [3.63, 3.8) is 0 Å². The number of nitrogens with zero attached hydrogens (tertiary/aromatic N) is 8. The van der Waals surface area contributed by atoms with Gasteiger partial charge in [0.25, 0.3) is 11.5 Å². The number of amides is 3. The first-order valence-electron chi connectivity index (χ1n) is 22.6. The van der Waals surface area contributed by atoms with Gasteiger partial charge in [0.2, 0.25) is 11.8 Å². The van der Waals surface area contributed by atoms with Crippen LogP contribution in [-0.2, 0) is 16.1 Å². The average Bonchev–Trinajstić information content (AvgIpc) is 3.90. The molecule has 5 aliphatic heterocycles. The third-order valence-electron chi connectivity index (χ3n) is 13.9. The number of anilines is 3. The number of hydrogen-bond donors (Lipinski definition) is 1. The van der Waals surface area contributed by atoms with Gasteiger partial charge >= 0.3 is 0 Å². The number of rotatable bonds is 9. The van der Waals surface area contributed by atoms with Crippen LogP contribution in [0.4, 0.5) is 30.2 Å². The minimum Gasteiger partial charge on any atom is -0.453 e. The molecular weight excluding hydrogens is 852 g/mol. The lowest BCUT2D eigenvalue weighted by atomic mass is 9.94. The van der Waals surface area contributed by atoms with Crippen LogP contribution in [-0.4, -0.2) is 108 Å². The number of nitriles is 1. The Bertz CT molecular complexity index is 2860. The van der Waals surface area contributed by atoms with Gasteiger partial charge in [-0.1, -0.05) is 0 Å². The molecule has 1 N–H and O–H groups in total. The van der Waals surface area contributed by atoms with Crippen molar-refractivity contribution in [1.29, 1.82) is 5.26 Å². The van der Waals surface area contributed by atoms with E-state index in [0.717, 1.165) is 44.7 Å². The second-order valence-corrected chi connectivity index (χ2v) is 18.0. The Balaban J connectivity index is 0.750. The highest BCUT2D eigenvalue weighted by Gasteiger charge is 2.41. The Morgan fingerprint density at radius 3 is 2.32 bits per heavy atom. The standard InChI is InChI=1S/C49H48F3N9O5/c1-29-24-56(25-30-14-17-57(18-15-30)42-10-7-35-38(45(42)52)27-60(48(35)64)43-12-13-44(62)55-47(43)63)20-21-59(29)32-2-4-33(5-3-32)61-28-54-40-9-6-34(22-36(40)49(61)65)66-46-37(23-53)41(11-8-39(46)51)58-19-16-31(50)26-58/h2-11,22,28-31,43H,12-21,24-27H2,1H3,(H,55,62,63)/t29-,31+,43+/m0/s1. The Morgan fingerprint density at radius 2 is 1.59 bits per heavy atom. The van der Waals surface area contributed by atoms with Gasteiger partial charge in [0, 0.05) is 81.6 Å². The summed E-state index contributed by atoms with van der Waals surface area (Å²) in [6, 6.07) is 19.9. The molecule has 0 spiro atoms. The van der Waals surface area contributed by atoms with Gasteiger partial charge in [0.05, 0.1) is 34.5 Å². The van der Waals surface area contributed by atoms with E-state index in [4.69, 9.17) is 4.74 Å². The Morgan fingerprint density at radius 1 is 0.833 bits per heavy atom. The fourth-order valence-electron chi connectivity index (χ4n) is 10.4. The number of halogens is 3. The van der Waals surface area contributed by atoms with Crippen molar-refractivity contribution in [2.45, 2.75) is 63.8 Å². The molecule has 0 saturated carbocycles. The first-order chi connectivity index (χ1) is 31.9. The number of benzene rings is 4. The first kappa shape index (κ1) is 43.0. The van der Waals surface area contributed by atoms with E-state index < -0.39 is 29.8 Å². The largest absolute Gasteiger partial charge is 0.453 e. The third kappa shape index (κ3) is 7.97. The molecule has 17 heteroatoms. The summed E-state index contributed by atoms with van der Waals surface area (Å²) >= 11 is 0. The predicted molar refractivity (Wildman–Crippen MR) is 241 cm³/mol. The van der Waals surface area contributed by atoms with E-state index in [1.54, 1.807) is 29.2 Å². The van der Waals surface area contributed by atoms with Crippen molar-refractivity contribution in [2.75, 3.05) is 67.1 Å². The smallest absolute Gasteiger partial charge is 0.265 e. The fraction of sp³-hybridized carbons (Fsp3) is 0.388. The van der Waals surface area contributed by atoms with Crippen molar-refractivity contribution in [3.05, 3.63) is 112 Å². The van der Waals surface area contributed by atoms with E-state index in [2.05, 4.69) is 31.9 Å². The number of piperidine rings is 2. The third-order valence-corrected chi connectivity index (χ3v) is 13.9. The van der Waals surface area contributed by atoms with Gasteiger partial charge < -0.3 is 24.3 Å². The predicted octanol–water partition coefficient (Wildman–Crippen LogP) is 6.06. The van der Waals surface area contributed by atoms with Crippen LogP contribution in [0.25, 0.3) is 16.6 Å². The molecule has 3 atom stereocenters. The van der Waals surface area contributed by atoms with E-state index in [9.17, 15) is 28.8 Å². The van der Waals surface area contributed by atoms with E-state index in [-0.39, 0.29) is 77.4 Å². The number of hydrogen-bond acceptors (Lipinski definition) is 11. The van der Waals surface area contributed by atoms with E-state index in [1.807, 2.05) is 30.3 Å². The number of carbonyl (C=O) groups is 3. The Kier molecular flexibility index (Phi) is 11.4. The molecular formula is C49H48F3N9O5. The molecule has 4 saturated heterocycles. The van der Waals surface area contributed by atoms with Gasteiger partial charge in [-0.25, -0.2) is 18.2 Å². The maximum Gasteiger partial charge on any atom is 0.265 e. The Labute approximate surface area is 378 Å². The van der Waals surface area contributed by atoms with Crippen molar-refractivity contribution in [3.8, 4) is 23.3 Å². The van der Waals surface area contributed by atoms with Gasteiger partial charge in [0.15, 0.2) is 17.4 Å². The number of fused-ring (bicyclic) bond motifs is 2. The van der Waals surface area contributed by atoms with Gasteiger partial charge in [-0.05, 0) is 105 Å². The van der Waals surface area contributed by atoms with Gasteiger partial charge in [-0.2, -0.15) is 5.26 Å². The van der Waals surface area contributed by atoms with Crippen LogP contribution in [0.2, 0.25) is 0 Å². The molecule has 14 nitrogen and oxygen atoms in total. The van der Waals surface area contributed by atoms with Gasteiger partial charge in [-0.15, -0.1) is 0 Å². The summed E-state index contributed by atoms with van der Waals surface area (Å²) < 4.78 is 52.5. The highest BCUT2D eigenvalue weighted by Crippen LogP contribution is 2.38. The summed E-state index contributed by atoms with van der Waals surface area (Å²) in [7, 11) is 0. The molecule has 0 aliphatic carbocycles. The van der Waals surface area contributed by atoms with Crippen LogP contribution in [0.15, 0.2) is 77.9 Å². The quantitative estimate of drug-likeness (QED) is 0.172. The van der Waals surface area contributed by atoms with Gasteiger partial charge in [-0.3, -0.25) is 34.0 Å². The lowest BCUT2D eigenvalue weighted by molar-refractivity contribution is -0.136. The maximum absolute atomic E-state index is 16.0. The minimum absolute atomic E-state index is 0.00401. The van der Waals surface area contributed by atoms with Crippen molar-refractivity contribution < 1.29 is 32.3 Å². The number of ether oxygens (including phenoxy) is 1. The molecule has 4 fully saturated rings. The molecule has 0 bridgehead atoms. The summed E-state index contributed by atoms with van der Waals surface area (Å²) in [5.41, 5.74) is 3.12. The lowest BCUT2D eigenvalue weighted by Crippen LogP contribution is -2.53. The monoisotopic (exact) mass is 899 g/mol. The molecule has 6 heterocycles. The number of piperazine rings is 1. The SMILES string of the molecule is C[C@H]1CN(CC2CCN(c3ccc4c(c3F)CN([C@@H]3CCC(=O)NC3=O)C4=O)CC2)CCN1c1ccc(-n2cnc3ccc(Oc4c(F)ccc(N5CC[C@@H](F)C5)c4C#N)cc3c2=O)cc1. The Hall–Kier alpha value is -6.93. The zero-order chi connectivity index (χ0) is 45.8. The molecule has 4 aromatic carbocycles. The lowest BCUT2D eigenvalue weighted by Gasteiger charge is -2.43. The zero-order valence-corrected chi connectivity index (χ0v) is 36.4. The summed E-state index contributed by atoms with van der Waals surface area (Å²) in [6.45, 7) is 7.61. The number of nitrogens with one attached hydrogen (secondary N) is 1. The highest BCUT2D eigenvalue weighted by atomic mass is 19.1. The molecule has 5 aromatic rings. The second kappa shape index (κ2) is 17.5. The number of alkyl halides is 1. The normalized spacial score (nSPS) is 21.7. The number of aromatic nitrogens is 2. The molecule has 1 aromatic heterocycles. The summed E-state index contributed by atoms with van der Waals surface area (Å²) in [4.78, 5) is 65.7. The molecule has 66 heavy (non-hydrogen) atoms. The summed E-state index contributed by atoms with van der Waals surface area (Å²) in [5, 5.41) is 12.5. The molecule has 3 amide bonds. The number of imide groups is 1. The zero-order valence-electron chi connectivity index (χ0n) is 36.4. The van der Waals surface area contributed by atoms with Crippen LogP contribution < -0.4 is 30.3 Å². The minimum atomic E-state index is -1.03. The maximum atomic E-state index is 16.0. The topological polar surface area (TPSA) is 147 Å². The molecule has 5 aliphatic rings. The molecule has 10 rings (SSSR count). The average molecular weight is 900 g/mol. The van der Waals surface area contributed by atoms with E-state index in [0.29, 0.717) is 60.1 Å². The van der Waals surface area contributed by atoms with Crippen LogP contribution in [0, 0.1) is 28.9 Å². The second-order valence-electron chi connectivity index (χ2n) is 18.0. The van der Waals surface area contributed by atoms with E-state index >= 15 is 8.78 Å². The molecule has 340 valence electrons. The van der Waals surface area contributed by atoms with Crippen molar-refractivity contribution in [1.82, 2.24) is 24.7 Å². The fourth-order valence-corrected chi connectivity index (χ4v) is 10.4. The van der Waals surface area contributed by atoms with Crippen LogP contribution in [0.1, 0.15) is 60.5 Å². The van der Waals surface area contributed by atoms with Crippen LogP contribution >= 0.6 is 0 Å². The van der Waals surface area contributed by atoms with E-state index in [1.165, 1.54) is 34.0 Å². The van der Waals surface area contributed by atoms with Crippen molar-refractivity contribution in [2.24, 2.45) is 5.92 Å². The number of carbonyl (C=O) groups excluding carboxylic acids is 3. The molecule has 0 unspecified atom stereocenters. The van der Waals surface area contributed by atoms with Crippen LogP contribution in [0.3, 0.4) is 0 Å². The summed E-state index contributed by atoms with van der Waals surface area (Å²) in [5.74, 6) is -2.12. The first-order valence-corrected chi connectivity index (χ1v) is 22.6.